The third kappa shape index (κ3) is 4.80. The first-order chi connectivity index (χ1) is 13.2. The highest BCUT2D eigenvalue weighted by molar-refractivity contribution is 7.89. The van der Waals surface area contributed by atoms with Crippen LogP contribution in [-0.2, 0) is 14.8 Å². The molecule has 0 aliphatic carbocycles. The van der Waals surface area contributed by atoms with Gasteiger partial charge in [-0.1, -0.05) is 37.0 Å². The van der Waals surface area contributed by atoms with Crippen molar-refractivity contribution in [2.24, 2.45) is 5.92 Å². The van der Waals surface area contributed by atoms with E-state index in [-0.39, 0.29) is 41.0 Å². The maximum Gasteiger partial charge on any atom is 0.244 e. The fourth-order valence-corrected chi connectivity index (χ4v) is 5.85. The SMILES string of the molecule is CC(C)CC1CC(C(=O)N2CCN(S(=O)(=O)c3cc(Cl)ccc3Cl)CC2)NN1. The lowest BCUT2D eigenvalue weighted by molar-refractivity contribution is -0.134. The zero-order valence-corrected chi connectivity index (χ0v) is 18.3. The van der Waals surface area contributed by atoms with Crippen molar-refractivity contribution in [2.45, 2.75) is 43.7 Å². The molecule has 2 fully saturated rings. The van der Waals surface area contributed by atoms with Crippen molar-refractivity contribution in [2.75, 3.05) is 26.2 Å². The van der Waals surface area contributed by atoms with Crippen molar-refractivity contribution in [1.82, 2.24) is 20.1 Å². The Labute approximate surface area is 176 Å². The number of halogens is 2. The van der Waals surface area contributed by atoms with Gasteiger partial charge in [0.2, 0.25) is 15.9 Å². The van der Waals surface area contributed by atoms with Crippen LogP contribution in [0.2, 0.25) is 10.0 Å². The molecule has 0 radical (unpaired) electrons. The van der Waals surface area contributed by atoms with E-state index in [1.165, 1.54) is 16.4 Å². The number of hydrazine groups is 1. The van der Waals surface area contributed by atoms with E-state index in [1.54, 1.807) is 11.0 Å². The summed E-state index contributed by atoms with van der Waals surface area (Å²) in [7, 11) is -3.75. The Morgan fingerprint density at radius 1 is 1.18 bits per heavy atom. The third-order valence-corrected chi connectivity index (χ3v) is 7.71. The molecule has 2 saturated heterocycles. The molecule has 0 spiro atoms. The molecule has 0 bridgehead atoms. The van der Waals surface area contributed by atoms with Crippen LogP contribution in [0.4, 0.5) is 0 Å². The summed E-state index contributed by atoms with van der Waals surface area (Å²) in [6, 6.07) is 4.40. The first kappa shape index (κ1) is 21.8. The van der Waals surface area contributed by atoms with E-state index in [4.69, 9.17) is 23.2 Å². The zero-order chi connectivity index (χ0) is 20.5. The molecule has 2 N–H and O–H groups in total. The number of carbonyl (C=O) groups is 1. The Morgan fingerprint density at radius 3 is 2.50 bits per heavy atom. The lowest BCUT2D eigenvalue weighted by Crippen LogP contribution is -2.54. The van der Waals surface area contributed by atoms with Crippen molar-refractivity contribution in [3.8, 4) is 0 Å². The fourth-order valence-electron chi connectivity index (χ4n) is 3.69. The Balaban J connectivity index is 1.60. The minimum absolute atomic E-state index is 0.000343. The van der Waals surface area contributed by atoms with Crippen LogP contribution in [0.3, 0.4) is 0 Å². The van der Waals surface area contributed by atoms with E-state index in [0.717, 1.165) is 12.8 Å². The lowest BCUT2D eigenvalue weighted by atomic mass is 9.99. The highest BCUT2D eigenvalue weighted by Crippen LogP contribution is 2.28. The molecule has 0 aromatic heterocycles. The van der Waals surface area contributed by atoms with Crippen molar-refractivity contribution >= 4 is 39.1 Å². The molecule has 7 nitrogen and oxygen atoms in total. The van der Waals surface area contributed by atoms with E-state index >= 15 is 0 Å². The Morgan fingerprint density at radius 2 is 1.86 bits per heavy atom. The van der Waals surface area contributed by atoms with E-state index in [0.29, 0.717) is 24.0 Å². The summed E-state index contributed by atoms with van der Waals surface area (Å²) in [6.45, 7) is 5.47. The third-order valence-electron chi connectivity index (χ3n) is 5.10. The molecule has 1 aromatic rings. The molecule has 1 aromatic carbocycles. The summed E-state index contributed by atoms with van der Waals surface area (Å²) in [4.78, 5) is 14.5. The van der Waals surface area contributed by atoms with Crippen LogP contribution in [-0.4, -0.2) is 61.8 Å². The van der Waals surface area contributed by atoms with Crippen LogP contribution in [0.15, 0.2) is 23.1 Å². The summed E-state index contributed by atoms with van der Waals surface area (Å²) in [5, 5.41) is 0.452. The second-order valence-corrected chi connectivity index (χ2v) is 10.5. The normalized spacial score (nSPS) is 24.1. The molecule has 3 rings (SSSR count). The smallest absolute Gasteiger partial charge is 0.244 e. The van der Waals surface area contributed by atoms with E-state index in [2.05, 4.69) is 24.7 Å². The number of amides is 1. The summed E-state index contributed by atoms with van der Waals surface area (Å²) < 4.78 is 27.1. The first-order valence-electron chi connectivity index (χ1n) is 9.43. The molecule has 1 amide bonds. The number of hydrogen-bond donors (Lipinski definition) is 2. The number of piperazine rings is 1. The van der Waals surface area contributed by atoms with Gasteiger partial charge < -0.3 is 4.90 Å². The number of hydrogen-bond acceptors (Lipinski definition) is 5. The maximum absolute atomic E-state index is 12.9. The highest BCUT2D eigenvalue weighted by Gasteiger charge is 2.36. The van der Waals surface area contributed by atoms with Gasteiger partial charge in [-0.05, 0) is 37.0 Å². The van der Waals surface area contributed by atoms with Crippen LogP contribution >= 0.6 is 23.2 Å². The molecular weight excluding hydrogens is 423 g/mol. The quantitative estimate of drug-likeness (QED) is 0.720. The number of sulfonamides is 1. The highest BCUT2D eigenvalue weighted by atomic mass is 35.5. The molecular formula is C18H26Cl2N4O3S. The first-order valence-corrected chi connectivity index (χ1v) is 11.6. The summed E-state index contributed by atoms with van der Waals surface area (Å²) in [5.41, 5.74) is 6.28. The molecule has 2 aliphatic rings. The molecule has 0 saturated carbocycles. The van der Waals surface area contributed by atoms with Gasteiger partial charge in [0.25, 0.3) is 0 Å². The topological polar surface area (TPSA) is 81.8 Å². The van der Waals surface area contributed by atoms with Gasteiger partial charge in [-0.25, -0.2) is 13.8 Å². The average molecular weight is 449 g/mol. The number of nitrogens with one attached hydrogen (secondary N) is 2. The van der Waals surface area contributed by atoms with Crippen LogP contribution < -0.4 is 10.9 Å². The minimum atomic E-state index is -3.75. The molecule has 2 atom stereocenters. The monoisotopic (exact) mass is 448 g/mol. The van der Waals surface area contributed by atoms with Crippen LogP contribution in [0, 0.1) is 5.92 Å². The van der Waals surface area contributed by atoms with E-state index in [9.17, 15) is 13.2 Å². The van der Waals surface area contributed by atoms with Gasteiger partial charge in [-0.15, -0.1) is 0 Å². The van der Waals surface area contributed by atoms with Crippen molar-refractivity contribution in [3.63, 3.8) is 0 Å². The molecule has 2 unspecified atom stereocenters. The second kappa shape index (κ2) is 8.85. The molecule has 2 heterocycles. The number of benzene rings is 1. The van der Waals surface area contributed by atoms with Crippen LogP contribution in [0.5, 0.6) is 0 Å². The van der Waals surface area contributed by atoms with Gasteiger partial charge in [0.05, 0.1) is 5.02 Å². The molecule has 10 heteroatoms. The van der Waals surface area contributed by atoms with E-state index < -0.39 is 10.0 Å². The minimum Gasteiger partial charge on any atom is -0.339 e. The second-order valence-electron chi connectivity index (χ2n) is 7.71. The Kier molecular flexibility index (Phi) is 6.89. The van der Waals surface area contributed by atoms with E-state index in [1.807, 2.05) is 0 Å². The Bertz CT molecular complexity index is 826. The van der Waals surface area contributed by atoms with Crippen molar-refractivity contribution in [3.05, 3.63) is 28.2 Å². The predicted molar refractivity (Wildman–Crippen MR) is 110 cm³/mol. The summed E-state index contributed by atoms with van der Waals surface area (Å²) in [6.07, 6.45) is 1.75. The van der Waals surface area contributed by atoms with Crippen LogP contribution in [0.1, 0.15) is 26.7 Å². The molecule has 28 heavy (non-hydrogen) atoms. The van der Waals surface area contributed by atoms with Gasteiger partial charge >= 0.3 is 0 Å². The van der Waals surface area contributed by atoms with Gasteiger partial charge in [0, 0.05) is 37.2 Å². The predicted octanol–water partition coefficient (Wildman–Crippen LogP) is 2.11. The standard InChI is InChI=1S/C18H26Cl2N4O3S/c1-12(2)9-14-11-16(22-21-14)18(25)23-5-7-24(8-6-23)28(26,27)17-10-13(19)3-4-15(17)20/h3-4,10,12,14,16,21-22H,5-9,11H2,1-2H3. The molecule has 2 aliphatic heterocycles. The van der Waals surface area contributed by atoms with Crippen molar-refractivity contribution < 1.29 is 13.2 Å². The fraction of sp³-hybridized carbons (Fsp3) is 0.611. The van der Waals surface area contributed by atoms with Crippen molar-refractivity contribution in [1.29, 1.82) is 0 Å². The summed E-state index contributed by atoms with van der Waals surface area (Å²) in [5.74, 6) is 0.566. The lowest BCUT2D eigenvalue weighted by Gasteiger charge is -2.35. The van der Waals surface area contributed by atoms with Gasteiger partial charge in [-0.3, -0.25) is 10.2 Å². The summed E-state index contributed by atoms with van der Waals surface area (Å²) >= 11 is 12.0. The zero-order valence-electron chi connectivity index (χ0n) is 16.0. The average Bonchev–Trinajstić information content (AvgIpc) is 3.10. The molecule has 156 valence electrons. The van der Waals surface area contributed by atoms with Crippen LogP contribution in [0.25, 0.3) is 0 Å². The van der Waals surface area contributed by atoms with Gasteiger partial charge in [-0.2, -0.15) is 4.31 Å². The van der Waals surface area contributed by atoms with Gasteiger partial charge in [0.1, 0.15) is 10.9 Å². The van der Waals surface area contributed by atoms with Gasteiger partial charge in [0.15, 0.2) is 0 Å². The Hall–Kier alpha value is -0.900. The number of rotatable bonds is 5. The maximum atomic E-state index is 12.9. The largest absolute Gasteiger partial charge is 0.339 e. The number of nitrogens with zero attached hydrogens (tertiary/aromatic N) is 2. The number of carbonyl (C=O) groups excluding carboxylic acids is 1.